The fourth-order valence-corrected chi connectivity index (χ4v) is 2.27. The molecule has 104 valence electrons. The number of hydrogen-bond acceptors (Lipinski definition) is 2. The van der Waals surface area contributed by atoms with Gasteiger partial charge in [-0.15, -0.1) is 0 Å². The Hall–Kier alpha value is -0.990. The highest BCUT2D eigenvalue weighted by molar-refractivity contribution is 5.37. The molecular weight excluding hydrogens is 224 g/mol. The van der Waals surface area contributed by atoms with E-state index >= 15 is 0 Å². The van der Waals surface area contributed by atoms with Gasteiger partial charge in [0.25, 0.3) is 0 Å². The van der Waals surface area contributed by atoms with Crippen molar-refractivity contribution >= 4 is 0 Å². The molecule has 1 aromatic rings. The van der Waals surface area contributed by atoms with Crippen LogP contribution in [-0.2, 0) is 18.4 Å². The number of hydrogen-bond donors (Lipinski definition) is 1. The number of aromatic nitrogens is 2. The minimum atomic E-state index is -0.0659. The third kappa shape index (κ3) is 3.50. The lowest BCUT2D eigenvalue weighted by Crippen LogP contribution is -2.14. The Bertz CT molecular complexity index is 397. The normalized spacial score (nSPS) is 12.7. The number of nitrogens with zero attached hydrogens (tertiary/aromatic N) is 2. The van der Waals surface area contributed by atoms with E-state index in [-0.39, 0.29) is 5.41 Å². The first-order valence-corrected chi connectivity index (χ1v) is 6.92. The van der Waals surface area contributed by atoms with Gasteiger partial charge in [-0.25, -0.2) is 4.68 Å². The van der Waals surface area contributed by atoms with Gasteiger partial charge in [0, 0.05) is 12.1 Å². The van der Waals surface area contributed by atoms with Crippen molar-refractivity contribution in [2.45, 2.75) is 66.8 Å². The molecule has 0 aliphatic rings. The third-order valence-corrected chi connectivity index (χ3v) is 2.89. The Balaban J connectivity index is 3.23. The van der Waals surface area contributed by atoms with E-state index in [0.717, 1.165) is 24.2 Å². The maximum absolute atomic E-state index is 10.4. The van der Waals surface area contributed by atoms with Crippen LogP contribution in [0.3, 0.4) is 0 Å². The molecule has 3 heteroatoms. The summed E-state index contributed by atoms with van der Waals surface area (Å²) in [4.78, 5) is 0. The minimum absolute atomic E-state index is 0.0659. The highest BCUT2D eigenvalue weighted by atomic mass is 16.3. The minimum Gasteiger partial charge on any atom is -0.493 e. The van der Waals surface area contributed by atoms with Crippen LogP contribution in [0.1, 0.15) is 59.7 Å². The van der Waals surface area contributed by atoms with Gasteiger partial charge in [-0.3, -0.25) is 0 Å². The molecule has 3 nitrogen and oxygen atoms in total. The van der Waals surface area contributed by atoms with Crippen LogP contribution in [0.15, 0.2) is 0 Å². The van der Waals surface area contributed by atoms with Gasteiger partial charge >= 0.3 is 0 Å². The summed E-state index contributed by atoms with van der Waals surface area (Å²) in [5, 5.41) is 15.0. The molecule has 0 bridgehead atoms. The Labute approximate surface area is 111 Å². The first-order chi connectivity index (χ1) is 8.12. The van der Waals surface area contributed by atoms with Crippen molar-refractivity contribution in [3.8, 4) is 5.88 Å². The number of aromatic hydroxyl groups is 1. The predicted molar refractivity (Wildman–Crippen MR) is 76.0 cm³/mol. The van der Waals surface area contributed by atoms with Crippen molar-refractivity contribution in [3.05, 3.63) is 11.3 Å². The molecule has 0 atom stereocenters. The first-order valence-electron chi connectivity index (χ1n) is 6.92. The Morgan fingerprint density at radius 3 is 2.06 bits per heavy atom. The van der Waals surface area contributed by atoms with E-state index in [4.69, 9.17) is 0 Å². The van der Waals surface area contributed by atoms with Gasteiger partial charge in [0.15, 0.2) is 0 Å². The van der Waals surface area contributed by atoms with Crippen molar-refractivity contribution in [2.24, 2.45) is 11.8 Å². The SMILES string of the molecule is CC(C)Cc1nn(CC(C)C)c(O)c1C(C)(C)C. The van der Waals surface area contributed by atoms with Crippen molar-refractivity contribution in [1.82, 2.24) is 9.78 Å². The van der Waals surface area contributed by atoms with E-state index in [1.54, 1.807) is 4.68 Å². The predicted octanol–water partition coefficient (Wildman–Crippen LogP) is 3.74. The smallest absolute Gasteiger partial charge is 0.213 e. The first kappa shape index (κ1) is 15.1. The monoisotopic (exact) mass is 252 g/mol. The summed E-state index contributed by atoms with van der Waals surface area (Å²) in [5.74, 6) is 1.38. The zero-order valence-corrected chi connectivity index (χ0v) is 12.9. The molecule has 0 saturated carbocycles. The molecule has 1 rings (SSSR count). The summed E-state index contributed by atoms with van der Waals surface area (Å²) in [7, 11) is 0. The maximum atomic E-state index is 10.4. The van der Waals surface area contributed by atoms with Gasteiger partial charge < -0.3 is 5.11 Å². The lowest BCUT2D eigenvalue weighted by molar-refractivity contribution is 0.361. The Morgan fingerprint density at radius 2 is 1.67 bits per heavy atom. The van der Waals surface area contributed by atoms with Gasteiger partial charge in [0.2, 0.25) is 5.88 Å². The summed E-state index contributed by atoms with van der Waals surface area (Å²) < 4.78 is 1.77. The maximum Gasteiger partial charge on any atom is 0.213 e. The van der Waals surface area contributed by atoms with Crippen LogP contribution in [0.4, 0.5) is 0 Å². The molecule has 0 amide bonds. The van der Waals surface area contributed by atoms with Gasteiger partial charge in [-0.05, 0) is 23.7 Å². The lowest BCUT2D eigenvalue weighted by atomic mass is 9.85. The van der Waals surface area contributed by atoms with E-state index < -0.39 is 0 Å². The van der Waals surface area contributed by atoms with Crippen molar-refractivity contribution in [3.63, 3.8) is 0 Å². The van der Waals surface area contributed by atoms with E-state index in [1.165, 1.54) is 0 Å². The molecule has 18 heavy (non-hydrogen) atoms. The van der Waals surface area contributed by atoms with Gasteiger partial charge in [0.05, 0.1) is 5.69 Å². The van der Waals surface area contributed by atoms with Crippen LogP contribution in [0.25, 0.3) is 0 Å². The van der Waals surface area contributed by atoms with Crippen LogP contribution < -0.4 is 0 Å². The van der Waals surface area contributed by atoms with E-state index in [9.17, 15) is 5.11 Å². The van der Waals surface area contributed by atoms with Crippen LogP contribution in [0.2, 0.25) is 0 Å². The second-order valence-electron chi connectivity index (χ2n) is 7.07. The van der Waals surface area contributed by atoms with Crippen molar-refractivity contribution < 1.29 is 5.11 Å². The van der Waals surface area contributed by atoms with Gasteiger partial charge in [0.1, 0.15) is 0 Å². The van der Waals surface area contributed by atoms with Crippen molar-refractivity contribution in [1.29, 1.82) is 0 Å². The third-order valence-electron chi connectivity index (χ3n) is 2.89. The van der Waals surface area contributed by atoms with E-state index in [0.29, 0.717) is 17.7 Å². The van der Waals surface area contributed by atoms with E-state index in [1.807, 2.05) is 0 Å². The Kier molecular flexibility index (Phi) is 4.46. The highest BCUT2D eigenvalue weighted by Crippen LogP contribution is 2.35. The van der Waals surface area contributed by atoms with Crippen LogP contribution in [0, 0.1) is 11.8 Å². The molecule has 0 radical (unpaired) electrons. The molecule has 0 unspecified atom stereocenters. The second kappa shape index (κ2) is 5.33. The molecule has 0 saturated heterocycles. The quantitative estimate of drug-likeness (QED) is 0.886. The molecule has 0 aromatic carbocycles. The molecule has 0 fully saturated rings. The molecule has 1 aromatic heterocycles. The van der Waals surface area contributed by atoms with Crippen LogP contribution in [0.5, 0.6) is 5.88 Å². The molecule has 0 spiro atoms. The van der Waals surface area contributed by atoms with Crippen LogP contribution >= 0.6 is 0 Å². The molecule has 0 aliphatic carbocycles. The topological polar surface area (TPSA) is 38.0 Å². The standard InChI is InChI=1S/C15H28N2O/c1-10(2)8-12-13(15(5,6)7)14(18)17(16-12)9-11(3)4/h10-11,18H,8-9H2,1-7H3. The fraction of sp³-hybridized carbons (Fsp3) is 0.800. The van der Waals surface area contributed by atoms with Crippen LogP contribution in [-0.4, -0.2) is 14.9 Å². The zero-order valence-electron chi connectivity index (χ0n) is 12.9. The Morgan fingerprint density at radius 1 is 1.11 bits per heavy atom. The second-order valence-corrected chi connectivity index (χ2v) is 7.07. The molecule has 1 heterocycles. The average Bonchev–Trinajstić information content (AvgIpc) is 2.39. The molecular formula is C15H28N2O. The summed E-state index contributed by atoms with van der Waals surface area (Å²) in [6.45, 7) is 15.8. The highest BCUT2D eigenvalue weighted by Gasteiger charge is 2.27. The summed E-state index contributed by atoms with van der Waals surface area (Å²) >= 11 is 0. The summed E-state index contributed by atoms with van der Waals surface area (Å²) in [5.41, 5.74) is 2.00. The van der Waals surface area contributed by atoms with Gasteiger partial charge in [-0.1, -0.05) is 48.5 Å². The largest absolute Gasteiger partial charge is 0.493 e. The summed E-state index contributed by atoms with van der Waals surface area (Å²) in [6.07, 6.45) is 0.922. The van der Waals surface area contributed by atoms with E-state index in [2.05, 4.69) is 53.6 Å². The lowest BCUT2D eigenvalue weighted by Gasteiger charge is -2.19. The number of rotatable bonds is 4. The van der Waals surface area contributed by atoms with Crippen molar-refractivity contribution in [2.75, 3.05) is 0 Å². The molecule has 1 N–H and O–H groups in total. The van der Waals surface area contributed by atoms with Gasteiger partial charge in [-0.2, -0.15) is 5.10 Å². The fourth-order valence-electron chi connectivity index (χ4n) is 2.27. The zero-order chi connectivity index (χ0) is 14.1. The summed E-state index contributed by atoms with van der Waals surface area (Å²) in [6, 6.07) is 0. The molecule has 0 aliphatic heterocycles. The average molecular weight is 252 g/mol.